The highest BCUT2D eigenvalue weighted by molar-refractivity contribution is 6.36. The summed E-state index contributed by atoms with van der Waals surface area (Å²) in [7, 11) is 0.921. The summed E-state index contributed by atoms with van der Waals surface area (Å²) in [5.41, 5.74) is 1.47. The molecule has 0 aliphatic carbocycles. The third-order valence-electron chi connectivity index (χ3n) is 3.60. The van der Waals surface area contributed by atoms with E-state index in [9.17, 15) is 13.2 Å². The SMILES string of the molecule is CO[SiH](OC)OC(C)c1ccc(-c2cccc(C(F)(F)F)c2)cc1. The van der Waals surface area contributed by atoms with Gasteiger partial charge in [-0.25, -0.2) is 0 Å². The van der Waals surface area contributed by atoms with E-state index in [-0.39, 0.29) is 6.10 Å². The highest BCUT2D eigenvalue weighted by Gasteiger charge is 2.30. The Hall–Kier alpha value is -1.67. The van der Waals surface area contributed by atoms with Gasteiger partial charge in [0.15, 0.2) is 0 Å². The molecule has 0 aromatic heterocycles. The molecule has 7 heteroatoms. The molecule has 0 fully saturated rings. The van der Waals surface area contributed by atoms with Gasteiger partial charge in [0.2, 0.25) is 0 Å². The van der Waals surface area contributed by atoms with Crippen LogP contribution in [0.25, 0.3) is 11.1 Å². The van der Waals surface area contributed by atoms with Gasteiger partial charge in [0, 0.05) is 14.2 Å². The summed E-state index contributed by atoms with van der Waals surface area (Å²) in [6.45, 7) is 1.87. The second kappa shape index (κ2) is 7.93. The first-order valence-corrected chi connectivity index (χ1v) is 8.75. The van der Waals surface area contributed by atoms with Crippen molar-refractivity contribution in [2.24, 2.45) is 0 Å². The van der Waals surface area contributed by atoms with E-state index in [2.05, 4.69) is 0 Å². The van der Waals surface area contributed by atoms with Crippen LogP contribution in [0.3, 0.4) is 0 Å². The standard InChI is InChI=1S/C17H19F3O3Si/c1-12(23-24(21-2)22-3)13-7-9-14(10-8-13)15-5-4-6-16(11-15)17(18,19)20/h4-12,24H,1-3H3. The molecule has 0 radical (unpaired) electrons. The molecule has 0 saturated carbocycles. The van der Waals surface area contributed by atoms with Crippen LogP contribution >= 0.6 is 0 Å². The van der Waals surface area contributed by atoms with Crippen LogP contribution in [-0.4, -0.2) is 23.7 Å². The third-order valence-corrected chi connectivity index (χ3v) is 5.00. The van der Waals surface area contributed by atoms with Gasteiger partial charge in [-0.05, 0) is 35.7 Å². The fourth-order valence-electron chi connectivity index (χ4n) is 2.27. The van der Waals surface area contributed by atoms with Crippen LogP contribution in [0.4, 0.5) is 13.2 Å². The van der Waals surface area contributed by atoms with E-state index in [4.69, 9.17) is 13.3 Å². The Bertz CT molecular complexity index is 655. The molecule has 24 heavy (non-hydrogen) atoms. The number of alkyl halides is 3. The number of rotatable bonds is 6. The maximum absolute atomic E-state index is 12.8. The van der Waals surface area contributed by atoms with Crippen molar-refractivity contribution in [2.75, 3.05) is 14.2 Å². The van der Waals surface area contributed by atoms with E-state index in [1.165, 1.54) is 20.3 Å². The first-order valence-electron chi connectivity index (χ1n) is 7.34. The van der Waals surface area contributed by atoms with Crippen LogP contribution in [0.1, 0.15) is 24.2 Å². The molecule has 1 unspecified atom stereocenters. The molecule has 2 rings (SSSR count). The molecule has 0 saturated heterocycles. The molecule has 1 atom stereocenters. The average molecular weight is 356 g/mol. The Balaban J connectivity index is 2.18. The lowest BCUT2D eigenvalue weighted by molar-refractivity contribution is -0.137. The first-order chi connectivity index (χ1) is 11.3. The van der Waals surface area contributed by atoms with Gasteiger partial charge in [0.05, 0.1) is 11.7 Å². The molecule has 0 bridgehead atoms. The lowest BCUT2D eigenvalue weighted by Crippen LogP contribution is -2.25. The summed E-state index contributed by atoms with van der Waals surface area (Å²) in [4.78, 5) is 0. The predicted octanol–water partition coefficient (Wildman–Crippen LogP) is 4.46. The summed E-state index contributed by atoms with van der Waals surface area (Å²) in [6, 6.07) is 12.5. The monoisotopic (exact) mass is 356 g/mol. The minimum Gasteiger partial charge on any atom is -0.379 e. The zero-order chi connectivity index (χ0) is 17.7. The molecule has 0 aliphatic heterocycles. The van der Waals surface area contributed by atoms with Crippen molar-refractivity contribution in [2.45, 2.75) is 19.2 Å². The summed E-state index contributed by atoms with van der Waals surface area (Å²) in [5.74, 6) is 0. The van der Waals surface area contributed by atoms with Gasteiger partial charge in [0.25, 0.3) is 0 Å². The summed E-state index contributed by atoms with van der Waals surface area (Å²) < 4.78 is 54.3. The molecule has 2 aromatic rings. The van der Waals surface area contributed by atoms with Crippen LogP contribution < -0.4 is 0 Å². The Labute approximate surface area is 140 Å². The molecule has 0 N–H and O–H groups in total. The highest BCUT2D eigenvalue weighted by Crippen LogP contribution is 2.32. The number of hydrogen-bond acceptors (Lipinski definition) is 3. The van der Waals surface area contributed by atoms with Crippen LogP contribution in [0.2, 0.25) is 0 Å². The third kappa shape index (κ3) is 4.67. The molecule has 0 spiro atoms. The van der Waals surface area contributed by atoms with E-state index >= 15 is 0 Å². The largest absolute Gasteiger partial charge is 0.484 e. The molecule has 0 aliphatic rings. The number of benzene rings is 2. The van der Waals surface area contributed by atoms with Crippen LogP contribution in [0.15, 0.2) is 48.5 Å². The van der Waals surface area contributed by atoms with Gasteiger partial charge < -0.3 is 13.3 Å². The van der Waals surface area contributed by atoms with E-state index in [1.807, 2.05) is 19.1 Å². The first kappa shape index (κ1) is 18.7. The Morgan fingerprint density at radius 1 is 0.917 bits per heavy atom. The second-order valence-corrected chi connectivity index (χ2v) is 7.03. The van der Waals surface area contributed by atoms with Gasteiger partial charge in [-0.1, -0.05) is 36.4 Å². The molecule has 2 aromatic carbocycles. The highest BCUT2D eigenvalue weighted by atomic mass is 28.3. The molecule has 130 valence electrons. The molecule has 3 nitrogen and oxygen atoms in total. The van der Waals surface area contributed by atoms with Crippen molar-refractivity contribution in [1.82, 2.24) is 0 Å². The topological polar surface area (TPSA) is 27.7 Å². The Morgan fingerprint density at radius 3 is 2.08 bits per heavy atom. The Kier molecular flexibility index (Phi) is 6.17. The van der Waals surface area contributed by atoms with E-state index in [0.29, 0.717) is 11.1 Å². The summed E-state index contributed by atoms with van der Waals surface area (Å²) in [5, 5.41) is 0. The van der Waals surface area contributed by atoms with Crippen molar-refractivity contribution in [3.63, 3.8) is 0 Å². The molecule has 0 amide bonds. The lowest BCUT2D eigenvalue weighted by Gasteiger charge is -2.18. The van der Waals surface area contributed by atoms with E-state index in [1.54, 1.807) is 18.2 Å². The van der Waals surface area contributed by atoms with Crippen LogP contribution in [0, 0.1) is 0 Å². The van der Waals surface area contributed by atoms with Gasteiger partial charge in [-0.15, -0.1) is 0 Å². The minimum atomic E-state index is -4.35. The fraction of sp³-hybridized carbons (Fsp3) is 0.294. The van der Waals surface area contributed by atoms with Crippen molar-refractivity contribution < 1.29 is 26.4 Å². The smallest absolute Gasteiger partial charge is 0.379 e. The molecular formula is C17H19F3O3Si. The predicted molar refractivity (Wildman–Crippen MR) is 87.5 cm³/mol. The average Bonchev–Trinajstić information content (AvgIpc) is 2.59. The van der Waals surface area contributed by atoms with Crippen LogP contribution in [0.5, 0.6) is 0 Å². The van der Waals surface area contributed by atoms with Crippen molar-refractivity contribution in [1.29, 1.82) is 0 Å². The lowest BCUT2D eigenvalue weighted by atomic mass is 10.0. The maximum Gasteiger partial charge on any atom is 0.484 e. The molecule has 0 heterocycles. The Morgan fingerprint density at radius 2 is 1.54 bits per heavy atom. The zero-order valence-electron chi connectivity index (χ0n) is 13.6. The number of halogens is 3. The normalized spacial score (nSPS) is 13.3. The summed E-state index contributed by atoms with van der Waals surface area (Å²) >= 11 is 0. The minimum absolute atomic E-state index is 0.225. The van der Waals surface area contributed by atoms with Crippen molar-refractivity contribution in [3.8, 4) is 11.1 Å². The quantitative estimate of drug-likeness (QED) is 0.715. The van der Waals surface area contributed by atoms with Gasteiger partial charge in [-0.3, -0.25) is 0 Å². The van der Waals surface area contributed by atoms with Gasteiger partial charge >= 0.3 is 15.7 Å². The zero-order valence-corrected chi connectivity index (χ0v) is 14.8. The maximum atomic E-state index is 12.8. The molecular weight excluding hydrogens is 337 g/mol. The van der Waals surface area contributed by atoms with Crippen LogP contribution in [-0.2, 0) is 19.5 Å². The summed E-state index contributed by atoms with van der Waals surface area (Å²) in [6.07, 6.45) is -4.57. The van der Waals surface area contributed by atoms with Crippen molar-refractivity contribution >= 4 is 9.53 Å². The fourth-order valence-corrected chi connectivity index (χ4v) is 3.18. The number of hydrogen-bond donors (Lipinski definition) is 0. The van der Waals surface area contributed by atoms with Crippen molar-refractivity contribution in [3.05, 3.63) is 59.7 Å². The second-order valence-electron chi connectivity index (χ2n) is 5.24. The van der Waals surface area contributed by atoms with Gasteiger partial charge in [-0.2, -0.15) is 13.2 Å². The van der Waals surface area contributed by atoms with Gasteiger partial charge in [0.1, 0.15) is 0 Å². The van der Waals surface area contributed by atoms with E-state index < -0.39 is 21.3 Å². The van der Waals surface area contributed by atoms with E-state index in [0.717, 1.165) is 17.7 Å².